The predicted molar refractivity (Wildman–Crippen MR) is 235 cm³/mol. The van der Waals surface area contributed by atoms with Crippen LogP contribution in [-0.4, -0.2) is 159 Å². The number of nitrogens with one attached hydrogen (secondary N) is 1. The highest BCUT2D eigenvalue weighted by atomic mass is 16.4. The number of aliphatic hydroxyl groups excluding tert-OH is 2. The molecule has 23 nitrogen and oxygen atoms in total. The lowest BCUT2D eigenvalue weighted by Crippen LogP contribution is -2.51. The van der Waals surface area contributed by atoms with E-state index < -0.39 is 5.97 Å². The third-order valence-corrected chi connectivity index (χ3v) is 11.4. The third kappa shape index (κ3) is 9.28. The largest absolute Gasteiger partial charge is 0.508 e. The number of piperazine rings is 2. The number of carboxylic acids is 1. The summed E-state index contributed by atoms with van der Waals surface area (Å²) in [7, 11) is 0. The molecule has 2 fully saturated rings. The van der Waals surface area contributed by atoms with E-state index in [1.54, 1.807) is 46.5 Å². The average Bonchev–Trinajstić information content (AvgIpc) is 3.96. The number of hydrogen-bond acceptors (Lipinski definition) is 18. The molecular weight excluding hydrogens is 857 g/mol. The van der Waals surface area contributed by atoms with Crippen molar-refractivity contribution < 1.29 is 39.2 Å². The fourth-order valence-electron chi connectivity index (χ4n) is 8.07. The van der Waals surface area contributed by atoms with Gasteiger partial charge in [-0.25, -0.2) is 14.2 Å². The van der Waals surface area contributed by atoms with Crippen LogP contribution in [-0.2, 0) is 35.5 Å². The summed E-state index contributed by atoms with van der Waals surface area (Å²) in [6, 6.07) is 13.6. The molecule has 3 aromatic heterocycles. The molecule has 2 aromatic carbocycles. The van der Waals surface area contributed by atoms with Crippen molar-refractivity contribution >= 4 is 52.3 Å². The van der Waals surface area contributed by atoms with Crippen LogP contribution >= 0.6 is 0 Å². The van der Waals surface area contributed by atoms with Gasteiger partial charge in [0.1, 0.15) is 30.2 Å². The lowest BCUT2D eigenvalue weighted by Gasteiger charge is -2.36. The van der Waals surface area contributed by atoms with Crippen molar-refractivity contribution in [3.05, 3.63) is 94.2 Å². The predicted octanol–water partition coefficient (Wildman–Crippen LogP) is 0.847. The van der Waals surface area contributed by atoms with Crippen molar-refractivity contribution in [1.29, 1.82) is 0 Å². The number of anilines is 4. The molecule has 66 heavy (non-hydrogen) atoms. The standard InChI is InChI=1S/C43H44N14O9/c58-17-7-27-22-56(50-48-27)24-37(62)52-9-13-54(14-10-52)42-45-41(46-43(47-42)55-15-11-53(12-16-55)38(63)25-57-23-28(8-18-59)49-51-57)44-26-1-4-31(34(19-26)40(64)65)39-32-5-2-29(60)20-35(32)66-36-21-30(61)3-6-33(36)39/h1-6,19-23,58-60H,7-18,24-25H2,(H,64,65)(H,44,45,46,47). The highest BCUT2D eigenvalue weighted by Crippen LogP contribution is 2.42. The van der Waals surface area contributed by atoms with E-state index in [4.69, 9.17) is 19.4 Å². The molecular formula is C43H44N14O9. The Morgan fingerprint density at radius 1 is 0.682 bits per heavy atom. The van der Waals surface area contributed by atoms with Crippen LogP contribution in [0.1, 0.15) is 21.7 Å². The lowest BCUT2D eigenvalue weighted by atomic mass is 9.90. The molecule has 4 aliphatic rings. The molecule has 1 aliphatic carbocycles. The Labute approximate surface area is 374 Å². The maximum Gasteiger partial charge on any atom is 0.336 e. The van der Waals surface area contributed by atoms with E-state index in [0.29, 0.717) is 116 Å². The van der Waals surface area contributed by atoms with Gasteiger partial charge in [-0.15, -0.1) is 10.2 Å². The number of carbonyl (C=O) groups is 3. The molecule has 0 spiro atoms. The second-order valence-corrected chi connectivity index (χ2v) is 15.8. The van der Waals surface area contributed by atoms with Crippen LogP contribution in [0.4, 0.5) is 23.5 Å². The maximum atomic E-state index is 13.2. The Bertz CT molecular complexity index is 2860. The molecule has 6 heterocycles. The Balaban J connectivity index is 0.984. The third-order valence-electron chi connectivity index (χ3n) is 11.4. The van der Waals surface area contributed by atoms with Gasteiger partial charge in [0.25, 0.3) is 0 Å². The van der Waals surface area contributed by atoms with Crippen LogP contribution in [0.25, 0.3) is 33.4 Å². The van der Waals surface area contributed by atoms with Crippen molar-refractivity contribution in [3.8, 4) is 28.2 Å². The quantitative estimate of drug-likeness (QED) is 0.0946. The zero-order valence-electron chi connectivity index (χ0n) is 35.4. The summed E-state index contributed by atoms with van der Waals surface area (Å²) in [5.74, 6) is -0.589. The van der Waals surface area contributed by atoms with Gasteiger partial charge < -0.3 is 49.8 Å². The molecule has 0 unspecified atom stereocenters. The van der Waals surface area contributed by atoms with E-state index in [0.717, 1.165) is 0 Å². The minimum absolute atomic E-state index is 0.00565. The van der Waals surface area contributed by atoms with Gasteiger partial charge in [0.15, 0.2) is 5.43 Å². The minimum Gasteiger partial charge on any atom is -0.508 e. The number of phenols is 1. The molecule has 0 atom stereocenters. The fraction of sp³-hybridized carbons (Fsp3) is 0.326. The number of carboxylic acid groups (broad SMARTS) is 1. The van der Waals surface area contributed by atoms with E-state index in [1.807, 2.05) is 9.80 Å². The monoisotopic (exact) mass is 900 g/mol. The zero-order chi connectivity index (χ0) is 45.9. The summed E-state index contributed by atoms with van der Waals surface area (Å²) in [4.78, 5) is 73.6. The number of hydrogen-bond donors (Lipinski definition) is 5. The Morgan fingerprint density at radius 2 is 1.26 bits per heavy atom. The number of fused-ring (bicyclic) bond motifs is 2. The van der Waals surface area contributed by atoms with Crippen LogP contribution < -0.4 is 20.5 Å². The molecule has 2 amide bonds. The van der Waals surface area contributed by atoms with Crippen molar-refractivity contribution in [2.24, 2.45) is 0 Å². The first-order chi connectivity index (χ1) is 32.0. The number of aromatic hydroxyl groups is 1. The summed E-state index contributed by atoms with van der Waals surface area (Å²) in [5, 5.41) is 59.0. The number of nitrogens with zero attached hydrogens (tertiary/aromatic N) is 13. The Hall–Kier alpha value is -8.05. The van der Waals surface area contributed by atoms with Crippen molar-refractivity contribution in [2.45, 2.75) is 25.9 Å². The Morgan fingerprint density at radius 3 is 1.82 bits per heavy atom. The molecule has 340 valence electrons. The van der Waals surface area contributed by atoms with E-state index in [2.05, 4.69) is 25.9 Å². The average molecular weight is 901 g/mol. The number of phenolic OH excluding ortho intramolecular Hbond substituents is 1. The molecule has 3 aliphatic heterocycles. The van der Waals surface area contributed by atoms with E-state index in [9.17, 15) is 39.6 Å². The molecule has 9 rings (SSSR count). The van der Waals surface area contributed by atoms with Crippen LogP contribution in [0.3, 0.4) is 0 Å². The first-order valence-corrected chi connectivity index (χ1v) is 21.2. The van der Waals surface area contributed by atoms with E-state index in [1.165, 1.54) is 39.7 Å². The summed E-state index contributed by atoms with van der Waals surface area (Å²) < 4.78 is 8.88. The molecule has 5 aromatic rings. The minimum atomic E-state index is -1.23. The van der Waals surface area contributed by atoms with Crippen LogP contribution in [0.2, 0.25) is 0 Å². The van der Waals surface area contributed by atoms with Gasteiger partial charge in [-0.3, -0.25) is 14.4 Å². The molecule has 0 bridgehead atoms. The number of benzene rings is 3. The Kier molecular flexibility index (Phi) is 12.2. The fourth-order valence-corrected chi connectivity index (χ4v) is 8.07. The number of rotatable bonds is 14. The molecule has 23 heteroatoms. The molecule has 5 N–H and O–H groups in total. The first-order valence-electron chi connectivity index (χ1n) is 21.2. The maximum absolute atomic E-state index is 13.2. The van der Waals surface area contributed by atoms with Gasteiger partial charge in [0, 0.05) is 125 Å². The van der Waals surface area contributed by atoms with Gasteiger partial charge in [0.05, 0.1) is 17.0 Å². The van der Waals surface area contributed by atoms with Crippen molar-refractivity contribution in [1.82, 2.24) is 54.7 Å². The van der Waals surface area contributed by atoms with E-state index >= 15 is 0 Å². The van der Waals surface area contributed by atoms with Crippen molar-refractivity contribution in [2.75, 3.05) is 80.7 Å². The first kappa shape index (κ1) is 43.2. The number of aliphatic hydroxyl groups is 2. The van der Waals surface area contributed by atoms with Crippen molar-refractivity contribution in [3.63, 3.8) is 0 Å². The van der Waals surface area contributed by atoms with Crippen LogP contribution in [0, 0.1) is 0 Å². The van der Waals surface area contributed by atoms with Gasteiger partial charge in [0.2, 0.25) is 29.7 Å². The SMILES string of the molecule is O=C(O)c1cc(Nc2nc(N3CCN(C(=O)Cn4cc(CCO)nn4)CC3)nc(N3CCN(C(=O)Cn4cc(CCO)nn4)CC3)n2)ccc1-c1c2ccc(=O)cc-2oc2cc(O)ccc12. The number of carbonyl (C=O) groups excluding carboxylic acids is 2. The number of amides is 2. The normalized spacial score (nSPS) is 14.3. The van der Waals surface area contributed by atoms with Gasteiger partial charge in [-0.2, -0.15) is 15.0 Å². The smallest absolute Gasteiger partial charge is 0.336 e. The van der Waals surface area contributed by atoms with Crippen LogP contribution in [0.5, 0.6) is 5.75 Å². The summed E-state index contributed by atoms with van der Waals surface area (Å²) >= 11 is 0. The number of aromatic carboxylic acids is 1. The highest BCUT2D eigenvalue weighted by Gasteiger charge is 2.28. The van der Waals surface area contributed by atoms with Gasteiger partial charge >= 0.3 is 5.97 Å². The number of aromatic nitrogens is 9. The van der Waals surface area contributed by atoms with Gasteiger partial charge in [-0.1, -0.05) is 16.5 Å². The summed E-state index contributed by atoms with van der Waals surface area (Å²) in [5.41, 5.74) is 2.75. The molecule has 0 saturated carbocycles. The topological polar surface area (TPSA) is 287 Å². The van der Waals surface area contributed by atoms with Crippen LogP contribution in [0.15, 0.2) is 76.2 Å². The molecule has 0 radical (unpaired) electrons. The zero-order valence-corrected chi connectivity index (χ0v) is 35.4. The second kappa shape index (κ2) is 18.6. The van der Waals surface area contributed by atoms with Gasteiger partial charge in [-0.05, 0) is 42.0 Å². The highest BCUT2D eigenvalue weighted by molar-refractivity contribution is 6.08. The molecule has 2 saturated heterocycles. The van der Waals surface area contributed by atoms with E-state index in [-0.39, 0.29) is 72.2 Å². The second-order valence-electron chi connectivity index (χ2n) is 15.8. The summed E-state index contributed by atoms with van der Waals surface area (Å²) in [6.45, 7) is 2.86. The summed E-state index contributed by atoms with van der Waals surface area (Å²) in [6.07, 6.45) is 3.95. The lowest BCUT2D eigenvalue weighted by molar-refractivity contribution is -0.133.